The number of nitrogens with two attached hydrogens (primary N) is 1. The standard InChI is InChI=1S/C13H24N6O/c1-10-11(12(14)20)13(18(3)16-10)17(2)8-9-19-6-4-15-5-7-19/h15H,4-9H2,1-3H3,(H2,14,20). The molecular formula is C13H24N6O. The van der Waals surface area contributed by atoms with Gasteiger partial charge in [0, 0.05) is 53.4 Å². The Morgan fingerprint density at radius 3 is 2.70 bits per heavy atom. The summed E-state index contributed by atoms with van der Waals surface area (Å²) < 4.78 is 1.73. The van der Waals surface area contributed by atoms with E-state index in [0.717, 1.165) is 45.1 Å². The van der Waals surface area contributed by atoms with Crippen molar-refractivity contribution in [3.63, 3.8) is 0 Å². The van der Waals surface area contributed by atoms with Gasteiger partial charge >= 0.3 is 0 Å². The van der Waals surface area contributed by atoms with E-state index in [0.29, 0.717) is 11.3 Å². The average molecular weight is 280 g/mol. The van der Waals surface area contributed by atoms with Crippen LogP contribution in [-0.2, 0) is 7.05 Å². The number of carbonyl (C=O) groups is 1. The van der Waals surface area contributed by atoms with Crippen LogP contribution in [0.3, 0.4) is 0 Å². The molecule has 7 heteroatoms. The Morgan fingerprint density at radius 2 is 2.10 bits per heavy atom. The van der Waals surface area contributed by atoms with Gasteiger partial charge in [0.25, 0.3) is 5.91 Å². The number of hydrogen-bond acceptors (Lipinski definition) is 5. The Balaban J connectivity index is 2.04. The van der Waals surface area contributed by atoms with Crippen molar-refractivity contribution in [2.45, 2.75) is 6.92 Å². The highest BCUT2D eigenvalue weighted by Gasteiger charge is 2.21. The number of rotatable bonds is 5. The average Bonchev–Trinajstić information content (AvgIpc) is 2.72. The molecule has 1 aliphatic rings. The maximum absolute atomic E-state index is 11.6. The molecule has 0 aliphatic carbocycles. The van der Waals surface area contributed by atoms with E-state index in [2.05, 4.69) is 20.2 Å². The third-order valence-corrected chi connectivity index (χ3v) is 3.76. The van der Waals surface area contributed by atoms with Crippen LogP contribution in [0.25, 0.3) is 0 Å². The van der Waals surface area contributed by atoms with Crippen LogP contribution in [0.1, 0.15) is 16.1 Å². The van der Waals surface area contributed by atoms with Crippen LogP contribution in [-0.4, -0.2) is 66.9 Å². The molecule has 7 nitrogen and oxygen atoms in total. The molecule has 1 fully saturated rings. The fourth-order valence-electron chi connectivity index (χ4n) is 2.70. The molecule has 1 aliphatic heterocycles. The minimum atomic E-state index is -0.417. The Hall–Kier alpha value is -1.60. The predicted octanol–water partition coefficient (Wildman–Crippen LogP) is -0.831. The van der Waals surface area contributed by atoms with Crippen LogP contribution in [0.2, 0.25) is 0 Å². The number of amides is 1. The van der Waals surface area contributed by atoms with Gasteiger partial charge in [0.2, 0.25) is 0 Å². The molecule has 2 heterocycles. The van der Waals surface area contributed by atoms with Gasteiger partial charge in [-0.15, -0.1) is 0 Å². The monoisotopic (exact) mass is 280 g/mol. The fraction of sp³-hybridized carbons (Fsp3) is 0.692. The number of nitrogens with one attached hydrogen (secondary N) is 1. The zero-order valence-electron chi connectivity index (χ0n) is 12.5. The lowest BCUT2D eigenvalue weighted by Gasteiger charge is -2.29. The number of piperazine rings is 1. The van der Waals surface area contributed by atoms with Crippen LogP contribution in [0, 0.1) is 6.92 Å². The third-order valence-electron chi connectivity index (χ3n) is 3.76. The van der Waals surface area contributed by atoms with Crippen molar-refractivity contribution in [1.29, 1.82) is 0 Å². The quantitative estimate of drug-likeness (QED) is 0.736. The molecule has 1 saturated heterocycles. The van der Waals surface area contributed by atoms with Crippen molar-refractivity contribution in [1.82, 2.24) is 20.0 Å². The number of nitrogens with zero attached hydrogens (tertiary/aromatic N) is 4. The van der Waals surface area contributed by atoms with E-state index in [1.165, 1.54) is 0 Å². The highest BCUT2D eigenvalue weighted by atomic mass is 16.1. The van der Waals surface area contributed by atoms with Crippen LogP contribution >= 0.6 is 0 Å². The Labute approximate surface area is 119 Å². The van der Waals surface area contributed by atoms with Gasteiger partial charge in [0.15, 0.2) is 0 Å². The third kappa shape index (κ3) is 3.10. The number of hydrogen-bond donors (Lipinski definition) is 2. The molecule has 0 bridgehead atoms. The van der Waals surface area contributed by atoms with Crippen LogP contribution in [0.15, 0.2) is 0 Å². The summed E-state index contributed by atoms with van der Waals surface area (Å²) in [5, 5.41) is 7.64. The van der Waals surface area contributed by atoms with Gasteiger partial charge < -0.3 is 16.0 Å². The summed E-state index contributed by atoms with van der Waals surface area (Å²) in [6, 6.07) is 0. The lowest BCUT2D eigenvalue weighted by Crippen LogP contribution is -2.46. The second kappa shape index (κ2) is 6.23. The summed E-state index contributed by atoms with van der Waals surface area (Å²) in [4.78, 5) is 16.1. The van der Waals surface area contributed by atoms with Gasteiger partial charge in [0.05, 0.1) is 5.69 Å². The van der Waals surface area contributed by atoms with E-state index in [1.807, 2.05) is 21.0 Å². The first kappa shape index (κ1) is 14.8. The smallest absolute Gasteiger partial charge is 0.254 e. The van der Waals surface area contributed by atoms with Crippen molar-refractivity contribution in [2.75, 3.05) is 51.2 Å². The molecule has 1 amide bonds. The number of aryl methyl sites for hydroxylation is 2. The van der Waals surface area contributed by atoms with E-state index >= 15 is 0 Å². The van der Waals surface area contributed by atoms with Gasteiger partial charge in [-0.25, -0.2) is 0 Å². The lowest BCUT2D eigenvalue weighted by atomic mass is 10.2. The molecule has 1 aromatic rings. The summed E-state index contributed by atoms with van der Waals surface area (Å²) in [7, 11) is 3.82. The Kier molecular flexibility index (Phi) is 4.61. The molecule has 0 aromatic carbocycles. The van der Waals surface area contributed by atoms with Crippen molar-refractivity contribution < 1.29 is 4.79 Å². The molecular weight excluding hydrogens is 256 g/mol. The molecule has 3 N–H and O–H groups in total. The number of primary amides is 1. The molecule has 2 rings (SSSR count). The van der Waals surface area contributed by atoms with Gasteiger partial charge in [-0.3, -0.25) is 14.4 Å². The van der Waals surface area contributed by atoms with E-state index in [1.54, 1.807) is 4.68 Å². The molecule has 0 radical (unpaired) electrons. The zero-order chi connectivity index (χ0) is 14.7. The molecule has 1 aromatic heterocycles. The van der Waals surface area contributed by atoms with Crippen LogP contribution in [0.5, 0.6) is 0 Å². The Bertz CT molecular complexity index is 477. The first-order valence-corrected chi connectivity index (χ1v) is 6.98. The highest BCUT2D eigenvalue weighted by Crippen LogP contribution is 2.21. The Morgan fingerprint density at radius 1 is 1.45 bits per heavy atom. The predicted molar refractivity (Wildman–Crippen MR) is 79.0 cm³/mol. The molecule has 20 heavy (non-hydrogen) atoms. The van der Waals surface area contributed by atoms with E-state index in [-0.39, 0.29) is 0 Å². The molecule has 0 saturated carbocycles. The molecule has 0 atom stereocenters. The van der Waals surface area contributed by atoms with Gasteiger partial charge in [-0.1, -0.05) is 0 Å². The lowest BCUT2D eigenvalue weighted by molar-refractivity contribution is 0.1000. The number of anilines is 1. The summed E-state index contributed by atoms with van der Waals surface area (Å²) in [5.74, 6) is 0.379. The normalized spacial score (nSPS) is 16.4. The number of aromatic nitrogens is 2. The van der Waals surface area contributed by atoms with Gasteiger partial charge in [0.1, 0.15) is 11.4 Å². The number of likely N-dealkylation sites (N-methyl/N-ethyl adjacent to an activating group) is 1. The van der Waals surface area contributed by atoms with Crippen molar-refractivity contribution >= 4 is 11.7 Å². The largest absolute Gasteiger partial charge is 0.365 e. The first-order valence-electron chi connectivity index (χ1n) is 6.98. The summed E-state index contributed by atoms with van der Waals surface area (Å²) >= 11 is 0. The fourth-order valence-corrected chi connectivity index (χ4v) is 2.70. The SMILES string of the molecule is Cc1nn(C)c(N(C)CCN2CCNCC2)c1C(N)=O. The maximum Gasteiger partial charge on any atom is 0.254 e. The van der Waals surface area contributed by atoms with Gasteiger partial charge in [-0.2, -0.15) is 5.10 Å². The van der Waals surface area contributed by atoms with Crippen LogP contribution < -0.4 is 16.0 Å². The highest BCUT2D eigenvalue weighted by molar-refractivity contribution is 5.99. The minimum Gasteiger partial charge on any atom is -0.365 e. The summed E-state index contributed by atoms with van der Waals surface area (Å²) in [5.41, 5.74) is 6.68. The second-order valence-corrected chi connectivity index (χ2v) is 5.29. The maximum atomic E-state index is 11.6. The molecule has 0 spiro atoms. The second-order valence-electron chi connectivity index (χ2n) is 5.29. The van der Waals surface area contributed by atoms with Crippen molar-refractivity contribution in [2.24, 2.45) is 12.8 Å². The molecule has 0 unspecified atom stereocenters. The topological polar surface area (TPSA) is 79.4 Å². The first-order chi connectivity index (χ1) is 9.50. The van der Waals surface area contributed by atoms with E-state index in [9.17, 15) is 4.79 Å². The summed E-state index contributed by atoms with van der Waals surface area (Å²) in [6.45, 7) is 7.86. The minimum absolute atomic E-state index is 0.417. The van der Waals surface area contributed by atoms with E-state index in [4.69, 9.17) is 5.73 Å². The van der Waals surface area contributed by atoms with Crippen molar-refractivity contribution in [3.05, 3.63) is 11.3 Å². The number of carbonyl (C=O) groups excluding carboxylic acids is 1. The van der Waals surface area contributed by atoms with Crippen molar-refractivity contribution in [3.8, 4) is 0 Å². The summed E-state index contributed by atoms with van der Waals surface area (Å²) in [6.07, 6.45) is 0. The van der Waals surface area contributed by atoms with E-state index < -0.39 is 5.91 Å². The van der Waals surface area contributed by atoms with Crippen LogP contribution in [0.4, 0.5) is 5.82 Å². The molecule has 112 valence electrons. The zero-order valence-corrected chi connectivity index (χ0v) is 12.5. The van der Waals surface area contributed by atoms with Gasteiger partial charge in [-0.05, 0) is 6.92 Å².